The Bertz CT molecular complexity index is 1180. The highest BCUT2D eigenvalue weighted by molar-refractivity contribution is 7.87. The summed E-state index contributed by atoms with van der Waals surface area (Å²) in [5.74, 6) is -0.340. The molecule has 1 aliphatic heterocycles. The first-order valence-corrected chi connectivity index (χ1v) is 12.2. The molecule has 1 aliphatic rings. The van der Waals surface area contributed by atoms with Crippen LogP contribution in [0, 0.1) is 18.3 Å². The number of carboxylic acid groups (broad SMARTS) is 1. The molecular weight excluding hydrogens is 503 g/mol. The standard InChI is InChI=1S/C21H24F3N3O4S.C2H4O2/c1-14-10-16(30-13-15-6-8-27(9-7-15)20(25)26)12-17(11-14)31-32(28,29)19-5-3-2-4-18(19)21(22,23)24;1-2(3)4/h2-5,10-12,15H,6-9,13H2,1H3,(H3,25,26);1H3,(H,3,4). The molecule has 0 atom stereocenters. The molecule has 0 aliphatic carbocycles. The number of aryl methyl sites for hydroxylation is 1. The molecule has 0 aromatic heterocycles. The van der Waals surface area contributed by atoms with Gasteiger partial charge >= 0.3 is 16.3 Å². The molecule has 2 aromatic rings. The molecule has 0 spiro atoms. The molecule has 1 heterocycles. The van der Waals surface area contributed by atoms with E-state index in [4.69, 9.17) is 30.0 Å². The fourth-order valence-corrected chi connectivity index (χ4v) is 4.63. The highest BCUT2D eigenvalue weighted by atomic mass is 32.2. The summed E-state index contributed by atoms with van der Waals surface area (Å²) in [4.78, 5) is 9.83. The SMILES string of the molecule is CC(=O)O.Cc1cc(OCC2CCN(C(=N)N)CC2)cc(OS(=O)(=O)c2ccccc2C(F)(F)F)c1. The minimum atomic E-state index is -4.84. The van der Waals surface area contributed by atoms with E-state index in [0.29, 0.717) is 37.1 Å². The van der Waals surface area contributed by atoms with Crippen LogP contribution in [0.3, 0.4) is 0 Å². The molecule has 9 nitrogen and oxygen atoms in total. The molecule has 0 amide bonds. The predicted molar refractivity (Wildman–Crippen MR) is 125 cm³/mol. The van der Waals surface area contributed by atoms with Crippen LogP contribution in [0.5, 0.6) is 11.5 Å². The van der Waals surface area contributed by atoms with Crippen molar-refractivity contribution in [3.05, 3.63) is 53.6 Å². The van der Waals surface area contributed by atoms with Gasteiger partial charge in [-0.05, 0) is 55.5 Å². The Balaban J connectivity index is 0.00000106. The number of benzene rings is 2. The van der Waals surface area contributed by atoms with Crippen molar-refractivity contribution < 1.29 is 40.4 Å². The highest BCUT2D eigenvalue weighted by Crippen LogP contribution is 2.35. The zero-order valence-electron chi connectivity index (χ0n) is 19.7. The van der Waals surface area contributed by atoms with Gasteiger partial charge in [-0.2, -0.15) is 21.6 Å². The van der Waals surface area contributed by atoms with E-state index in [1.807, 2.05) is 0 Å². The third-order valence-electron chi connectivity index (χ3n) is 5.13. The van der Waals surface area contributed by atoms with Crippen molar-refractivity contribution in [3.63, 3.8) is 0 Å². The number of nitrogens with two attached hydrogens (primary N) is 1. The number of alkyl halides is 3. The van der Waals surface area contributed by atoms with E-state index < -0.39 is 32.7 Å². The Labute approximate surface area is 207 Å². The molecular formula is C23H28F3N3O6S. The van der Waals surface area contributed by atoms with Crippen molar-refractivity contribution in [1.29, 1.82) is 5.41 Å². The molecule has 0 radical (unpaired) electrons. The molecule has 36 heavy (non-hydrogen) atoms. The van der Waals surface area contributed by atoms with Gasteiger partial charge < -0.3 is 24.7 Å². The van der Waals surface area contributed by atoms with Gasteiger partial charge in [-0.25, -0.2) is 0 Å². The number of rotatable bonds is 6. The van der Waals surface area contributed by atoms with Gasteiger partial charge in [0.1, 0.15) is 16.4 Å². The molecule has 0 unspecified atom stereocenters. The van der Waals surface area contributed by atoms with Crippen molar-refractivity contribution in [2.24, 2.45) is 11.7 Å². The minimum absolute atomic E-state index is 0.0400. The summed E-state index contributed by atoms with van der Waals surface area (Å²) >= 11 is 0. The summed E-state index contributed by atoms with van der Waals surface area (Å²) < 4.78 is 75.7. The number of ether oxygens (including phenoxy) is 1. The van der Waals surface area contributed by atoms with Gasteiger partial charge in [0, 0.05) is 26.1 Å². The Hall–Kier alpha value is -3.48. The summed E-state index contributed by atoms with van der Waals surface area (Å²) in [6.07, 6.45) is -3.26. The van der Waals surface area contributed by atoms with Crippen LogP contribution in [-0.4, -0.2) is 50.0 Å². The lowest BCUT2D eigenvalue weighted by molar-refractivity contribution is -0.140. The molecule has 4 N–H and O–H groups in total. The maximum atomic E-state index is 13.2. The Kier molecular flexibility index (Phi) is 9.56. The van der Waals surface area contributed by atoms with Crippen molar-refractivity contribution in [2.75, 3.05) is 19.7 Å². The molecule has 0 bridgehead atoms. The number of carbonyl (C=O) groups is 1. The van der Waals surface area contributed by atoms with E-state index in [2.05, 4.69) is 0 Å². The average molecular weight is 532 g/mol. The van der Waals surface area contributed by atoms with Crippen molar-refractivity contribution in [2.45, 2.75) is 37.8 Å². The van der Waals surface area contributed by atoms with Gasteiger partial charge in [-0.15, -0.1) is 0 Å². The molecule has 1 saturated heterocycles. The van der Waals surface area contributed by atoms with Gasteiger partial charge in [0.25, 0.3) is 5.97 Å². The van der Waals surface area contributed by atoms with Crippen molar-refractivity contribution >= 4 is 22.0 Å². The van der Waals surface area contributed by atoms with E-state index in [-0.39, 0.29) is 17.6 Å². The first-order valence-electron chi connectivity index (χ1n) is 10.8. The summed E-state index contributed by atoms with van der Waals surface area (Å²) in [6, 6.07) is 8.30. The number of piperidine rings is 1. The zero-order valence-corrected chi connectivity index (χ0v) is 20.5. The van der Waals surface area contributed by atoms with Crippen molar-refractivity contribution in [3.8, 4) is 11.5 Å². The van der Waals surface area contributed by atoms with Crippen LogP contribution in [0.15, 0.2) is 47.4 Å². The second-order valence-corrected chi connectivity index (χ2v) is 9.67. The van der Waals surface area contributed by atoms with E-state index in [0.717, 1.165) is 31.9 Å². The summed E-state index contributed by atoms with van der Waals surface area (Å²) in [5, 5.41) is 14.9. The monoisotopic (exact) mass is 531 g/mol. The van der Waals surface area contributed by atoms with Gasteiger partial charge in [-0.3, -0.25) is 10.2 Å². The number of hydrogen-bond donors (Lipinski definition) is 3. The second-order valence-electron chi connectivity index (χ2n) is 8.16. The maximum Gasteiger partial charge on any atom is 0.417 e. The Morgan fingerprint density at radius 3 is 2.28 bits per heavy atom. The normalized spacial score (nSPS) is 14.4. The zero-order chi connectivity index (χ0) is 27.1. The average Bonchev–Trinajstić information content (AvgIpc) is 2.76. The van der Waals surface area contributed by atoms with Gasteiger partial charge in [-0.1, -0.05) is 12.1 Å². The number of likely N-dealkylation sites (tertiary alicyclic amines) is 1. The van der Waals surface area contributed by atoms with E-state index in [1.165, 1.54) is 18.2 Å². The van der Waals surface area contributed by atoms with Gasteiger partial charge in [0.2, 0.25) is 0 Å². The van der Waals surface area contributed by atoms with Crippen LogP contribution in [0.4, 0.5) is 13.2 Å². The first-order chi connectivity index (χ1) is 16.7. The van der Waals surface area contributed by atoms with E-state index >= 15 is 0 Å². The molecule has 198 valence electrons. The first kappa shape index (κ1) is 28.8. The third kappa shape index (κ3) is 8.63. The van der Waals surface area contributed by atoms with Crippen molar-refractivity contribution in [1.82, 2.24) is 4.90 Å². The number of halogens is 3. The number of aliphatic carboxylic acids is 1. The third-order valence-corrected chi connectivity index (χ3v) is 6.44. The number of guanidine groups is 1. The Morgan fingerprint density at radius 2 is 1.72 bits per heavy atom. The molecule has 3 rings (SSSR count). The lowest BCUT2D eigenvalue weighted by atomic mass is 9.98. The second kappa shape index (κ2) is 12.0. The van der Waals surface area contributed by atoms with E-state index in [1.54, 1.807) is 17.9 Å². The van der Waals surface area contributed by atoms with Gasteiger partial charge in [0.15, 0.2) is 5.96 Å². The largest absolute Gasteiger partial charge is 0.493 e. The number of nitrogens with one attached hydrogen (secondary N) is 1. The van der Waals surface area contributed by atoms with Crippen LogP contribution >= 0.6 is 0 Å². The van der Waals surface area contributed by atoms with Crippen LogP contribution in [0.1, 0.15) is 30.9 Å². The summed E-state index contributed by atoms with van der Waals surface area (Å²) in [5.41, 5.74) is 4.83. The number of nitrogens with zero attached hydrogens (tertiary/aromatic N) is 1. The fraction of sp³-hybridized carbons (Fsp3) is 0.391. The van der Waals surface area contributed by atoms with E-state index in [9.17, 15) is 21.6 Å². The molecule has 1 fully saturated rings. The lowest BCUT2D eigenvalue weighted by Gasteiger charge is -2.32. The molecule has 2 aromatic carbocycles. The molecule has 0 saturated carbocycles. The summed E-state index contributed by atoms with van der Waals surface area (Å²) in [6.45, 7) is 4.46. The van der Waals surface area contributed by atoms with Crippen LogP contribution in [0.2, 0.25) is 0 Å². The lowest BCUT2D eigenvalue weighted by Crippen LogP contribution is -2.43. The maximum absolute atomic E-state index is 13.2. The number of carboxylic acids is 1. The van der Waals surface area contributed by atoms with Gasteiger partial charge in [0.05, 0.1) is 12.2 Å². The molecule has 13 heteroatoms. The predicted octanol–water partition coefficient (Wildman–Crippen LogP) is 3.86. The smallest absolute Gasteiger partial charge is 0.417 e. The van der Waals surface area contributed by atoms with Crippen LogP contribution in [0.25, 0.3) is 0 Å². The summed E-state index contributed by atoms with van der Waals surface area (Å²) in [7, 11) is -4.72. The van der Waals surface area contributed by atoms with Crippen LogP contribution in [-0.2, 0) is 21.1 Å². The topological polar surface area (TPSA) is 143 Å². The minimum Gasteiger partial charge on any atom is -0.493 e. The highest BCUT2D eigenvalue weighted by Gasteiger charge is 2.37. The van der Waals surface area contributed by atoms with Crippen LogP contribution < -0.4 is 14.7 Å². The quantitative estimate of drug-likeness (QED) is 0.290. The number of hydrogen-bond acceptors (Lipinski definition) is 6. The fourth-order valence-electron chi connectivity index (χ4n) is 3.49. The Morgan fingerprint density at radius 1 is 1.17 bits per heavy atom.